The molecular formula is C25H21Cl3N4O2S. The zero-order valence-corrected chi connectivity index (χ0v) is 21.9. The van der Waals surface area contributed by atoms with Gasteiger partial charge in [-0.05, 0) is 48.5 Å². The van der Waals surface area contributed by atoms with Crippen molar-refractivity contribution in [1.29, 1.82) is 0 Å². The van der Waals surface area contributed by atoms with Crippen molar-refractivity contribution >= 4 is 73.9 Å². The summed E-state index contributed by atoms with van der Waals surface area (Å²) in [6, 6.07) is 27.0. The van der Waals surface area contributed by atoms with E-state index in [9.17, 15) is 4.79 Å². The molecule has 1 unspecified atom stereocenters. The van der Waals surface area contributed by atoms with E-state index in [4.69, 9.17) is 44.5 Å². The van der Waals surface area contributed by atoms with Crippen molar-refractivity contribution in [2.24, 2.45) is 4.99 Å². The molecule has 10 heteroatoms. The lowest BCUT2D eigenvalue weighted by Gasteiger charge is -2.38. The third kappa shape index (κ3) is 4.27. The number of hydrogen-bond acceptors (Lipinski definition) is 5. The number of amidine groups is 1. The third-order valence-electron chi connectivity index (χ3n) is 5.57. The molecule has 0 fully saturated rings. The summed E-state index contributed by atoms with van der Waals surface area (Å²) in [6.45, 7) is 1.48. The van der Waals surface area contributed by atoms with E-state index in [1.807, 2.05) is 94.1 Å². The molecule has 0 bridgehead atoms. The Hall–Kier alpha value is -2.71. The van der Waals surface area contributed by atoms with Gasteiger partial charge in [-0.1, -0.05) is 71.2 Å². The van der Waals surface area contributed by atoms with E-state index < -0.39 is 20.8 Å². The van der Waals surface area contributed by atoms with E-state index in [1.165, 1.54) is 6.92 Å². The Kier molecular flexibility index (Phi) is 6.44. The van der Waals surface area contributed by atoms with Gasteiger partial charge in [-0.25, -0.2) is 9.30 Å². The molecule has 3 aromatic rings. The summed E-state index contributed by atoms with van der Waals surface area (Å²) >= 11 is 19.6. The van der Waals surface area contributed by atoms with Crippen LogP contribution in [0.15, 0.2) is 89.9 Å². The Balaban J connectivity index is 1.76. The topological polar surface area (TPSA) is 48.4 Å². The lowest BCUT2D eigenvalue weighted by Crippen LogP contribution is -2.53. The minimum Gasteiger partial charge on any atom is -0.497 e. The SMILES string of the molecule is COc1ccc(C2=NC3=S(N2c2ccccc2)N(C(C)=O)[C@H](C(Cl)(Cl)Cl)N3c2ccccc2)cc1. The van der Waals surface area contributed by atoms with E-state index in [1.54, 1.807) is 11.4 Å². The van der Waals surface area contributed by atoms with Gasteiger partial charge in [0.1, 0.15) is 5.75 Å². The first-order valence-electron chi connectivity index (χ1n) is 10.7. The normalized spacial score (nSPS) is 19.6. The maximum absolute atomic E-state index is 13.1. The van der Waals surface area contributed by atoms with Crippen LogP contribution in [0.1, 0.15) is 12.5 Å². The van der Waals surface area contributed by atoms with Crippen LogP contribution in [0.3, 0.4) is 0 Å². The van der Waals surface area contributed by atoms with Crippen molar-refractivity contribution in [1.82, 2.24) is 4.31 Å². The molecule has 0 aromatic heterocycles. The maximum atomic E-state index is 13.1. The molecule has 1 amide bonds. The van der Waals surface area contributed by atoms with Crippen LogP contribution < -0.4 is 13.9 Å². The number of hydrogen-bond donors (Lipinski definition) is 0. The number of anilines is 2. The van der Waals surface area contributed by atoms with Crippen LogP contribution in [0, 0.1) is 0 Å². The Labute approximate surface area is 221 Å². The van der Waals surface area contributed by atoms with Crippen LogP contribution in [0.4, 0.5) is 11.4 Å². The van der Waals surface area contributed by atoms with E-state index in [-0.39, 0.29) is 5.91 Å². The number of amides is 1. The summed E-state index contributed by atoms with van der Waals surface area (Å²) in [7, 11) is 0.626. The van der Waals surface area contributed by atoms with Crippen molar-refractivity contribution < 1.29 is 9.53 Å². The molecule has 6 nitrogen and oxygen atoms in total. The van der Waals surface area contributed by atoms with Crippen LogP contribution in [0.25, 0.3) is 0 Å². The summed E-state index contributed by atoms with van der Waals surface area (Å²) in [6.07, 6.45) is -0.891. The number of aliphatic imine (C=N–C) groups is 1. The van der Waals surface area contributed by atoms with Gasteiger partial charge in [0.2, 0.25) is 14.8 Å². The number of benzene rings is 3. The van der Waals surface area contributed by atoms with E-state index in [0.29, 0.717) is 10.9 Å². The molecule has 2 heterocycles. The molecule has 0 saturated carbocycles. The average Bonchev–Trinajstić information content (AvgIpc) is 3.40. The van der Waals surface area contributed by atoms with Crippen molar-refractivity contribution in [3.8, 4) is 5.75 Å². The number of methoxy groups -OCH3 is 1. The highest BCUT2D eigenvalue weighted by Crippen LogP contribution is 2.52. The lowest BCUT2D eigenvalue weighted by molar-refractivity contribution is -0.125. The molecule has 0 saturated heterocycles. The second-order valence-corrected chi connectivity index (χ2v) is 11.8. The highest BCUT2D eigenvalue weighted by atomic mass is 35.6. The lowest BCUT2D eigenvalue weighted by atomic mass is 10.2. The molecule has 2 aliphatic heterocycles. The molecule has 2 atom stereocenters. The van der Waals surface area contributed by atoms with Crippen LogP contribution in [0.2, 0.25) is 0 Å². The zero-order chi connectivity index (χ0) is 24.7. The van der Waals surface area contributed by atoms with Crippen molar-refractivity contribution in [2.75, 3.05) is 16.3 Å². The fourth-order valence-corrected chi connectivity index (χ4v) is 7.22. The largest absolute Gasteiger partial charge is 0.497 e. The Bertz CT molecular complexity index is 1310. The van der Waals surface area contributed by atoms with Crippen molar-refractivity contribution in [3.05, 3.63) is 90.5 Å². The van der Waals surface area contributed by atoms with Crippen molar-refractivity contribution in [3.63, 3.8) is 0 Å². The van der Waals surface area contributed by atoms with Crippen LogP contribution >= 0.6 is 45.7 Å². The molecule has 5 rings (SSSR count). The Morgan fingerprint density at radius 3 is 2.00 bits per heavy atom. The monoisotopic (exact) mass is 546 g/mol. The number of carbonyl (C=O) groups excluding carboxylic acids is 1. The summed E-state index contributed by atoms with van der Waals surface area (Å²) in [4.78, 5) is 20.1. The molecule has 0 aliphatic carbocycles. The standard InChI is InChI=1S/C25H21Cl3N4O2S/c1-17(33)31-23(25(26,27)28)30(19-9-5-3-6-10-19)24-29-22(18-13-15-21(34-2)16-14-18)32(35(24)31)20-11-7-4-8-12-20/h3-16,23H,1-2H3/t23-,35?/m1/s1. The summed E-state index contributed by atoms with van der Waals surface area (Å²) in [5.74, 6) is 1.20. The number of halogens is 3. The van der Waals surface area contributed by atoms with Crippen molar-refractivity contribution in [2.45, 2.75) is 16.9 Å². The van der Waals surface area contributed by atoms with Gasteiger partial charge < -0.3 is 4.74 Å². The van der Waals surface area contributed by atoms with Crippen LogP contribution in [-0.2, 0) is 4.79 Å². The number of carbonyl (C=O) groups is 1. The predicted molar refractivity (Wildman–Crippen MR) is 147 cm³/mol. The molecular weight excluding hydrogens is 527 g/mol. The highest BCUT2D eigenvalue weighted by molar-refractivity contribution is 8.17. The van der Waals surface area contributed by atoms with Crippen LogP contribution in [-0.4, -0.2) is 38.2 Å². The first-order chi connectivity index (χ1) is 16.8. The smallest absolute Gasteiger partial charge is 0.232 e. The van der Waals surface area contributed by atoms with Gasteiger partial charge in [0, 0.05) is 18.2 Å². The zero-order valence-electron chi connectivity index (χ0n) is 18.8. The second-order valence-electron chi connectivity index (χ2n) is 7.81. The minimum atomic E-state index is -1.80. The molecule has 0 spiro atoms. The van der Waals surface area contributed by atoms with E-state index in [2.05, 4.69) is 0 Å². The van der Waals surface area contributed by atoms with Gasteiger partial charge in [0.25, 0.3) is 0 Å². The molecule has 180 valence electrons. The quantitative estimate of drug-likeness (QED) is 0.288. The Morgan fingerprint density at radius 2 is 1.49 bits per heavy atom. The summed E-state index contributed by atoms with van der Waals surface area (Å²) in [5, 5.41) is 0.623. The number of para-hydroxylation sites is 2. The first-order valence-corrected chi connectivity index (χ1v) is 13.0. The second kappa shape index (κ2) is 9.39. The van der Waals surface area contributed by atoms with Gasteiger partial charge in [-0.15, -0.1) is 0 Å². The Morgan fingerprint density at radius 1 is 0.914 bits per heavy atom. The minimum absolute atomic E-state index is 0.229. The van der Waals surface area contributed by atoms with Gasteiger partial charge in [-0.3, -0.25) is 14.0 Å². The molecule has 0 radical (unpaired) electrons. The molecule has 3 aromatic carbocycles. The number of alkyl halides is 3. The highest BCUT2D eigenvalue weighted by Gasteiger charge is 2.55. The number of rotatable bonds is 4. The first kappa shape index (κ1) is 24.0. The predicted octanol–water partition coefficient (Wildman–Crippen LogP) is 6.21. The third-order valence-corrected chi connectivity index (χ3v) is 8.32. The molecule has 2 aliphatic rings. The fourth-order valence-electron chi connectivity index (χ4n) is 4.08. The number of nitrogens with zero attached hydrogens (tertiary/aromatic N) is 4. The average molecular weight is 548 g/mol. The molecule has 35 heavy (non-hydrogen) atoms. The summed E-state index contributed by atoms with van der Waals surface area (Å²) < 4.78 is 7.18. The van der Waals surface area contributed by atoms with Gasteiger partial charge in [0.05, 0.1) is 23.7 Å². The number of ether oxygens (including phenoxy) is 1. The van der Waals surface area contributed by atoms with Gasteiger partial charge >= 0.3 is 0 Å². The summed E-state index contributed by atoms with van der Waals surface area (Å²) in [5.41, 5.74) is 2.50. The van der Waals surface area contributed by atoms with Gasteiger partial charge in [-0.2, -0.15) is 0 Å². The van der Waals surface area contributed by atoms with E-state index in [0.717, 1.165) is 22.7 Å². The van der Waals surface area contributed by atoms with Crippen LogP contribution in [0.5, 0.6) is 5.75 Å². The van der Waals surface area contributed by atoms with E-state index >= 15 is 0 Å². The maximum Gasteiger partial charge on any atom is 0.232 e. The van der Waals surface area contributed by atoms with Gasteiger partial charge in [0.15, 0.2) is 12.0 Å². The fraction of sp³-hybridized carbons (Fsp3) is 0.160. The molecule has 0 N–H and O–H groups in total.